The number of hydrogen-bond acceptors (Lipinski definition) is 6. The van der Waals surface area contributed by atoms with Crippen LogP contribution in [0.25, 0.3) is 90.9 Å². The van der Waals surface area contributed by atoms with Crippen LogP contribution in [0.3, 0.4) is 0 Å². The molecule has 8 nitrogen and oxygen atoms in total. The molecule has 3 aromatic heterocycles. The van der Waals surface area contributed by atoms with Crippen LogP contribution in [0.4, 0.5) is 70.2 Å². The minimum absolute atomic E-state index is 0. The summed E-state index contributed by atoms with van der Waals surface area (Å²) in [5.41, 5.74) is -0.845. The normalized spacial score (nSPS) is 12.8. The van der Waals surface area contributed by atoms with Gasteiger partial charge in [-0.1, -0.05) is 36.4 Å². The van der Waals surface area contributed by atoms with Crippen molar-refractivity contribution in [3.8, 4) is 67.5 Å². The van der Waals surface area contributed by atoms with Crippen LogP contribution in [-0.4, -0.2) is 77.9 Å². The molecular formula is C51H28Ar3F16N4O4. The van der Waals surface area contributed by atoms with Gasteiger partial charge in [0.2, 0.25) is 11.6 Å². The summed E-state index contributed by atoms with van der Waals surface area (Å²) in [5.74, 6) is -52.2. The maximum atomic E-state index is 16.6. The monoisotopic (exact) mass is 1180 g/mol. The van der Waals surface area contributed by atoms with E-state index >= 15 is 17.6 Å². The number of nitrogens with one attached hydrogen (secondary N) is 2. The van der Waals surface area contributed by atoms with E-state index in [2.05, 4.69) is 19.7 Å². The van der Waals surface area contributed by atoms with Gasteiger partial charge in [0.15, 0.2) is 24.0 Å². The topological polar surface area (TPSA) is 127 Å². The summed E-state index contributed by atoms with van der Waals surface area (Å²) in [4.78, 5) is 15.6. The van der Waals surface area contributed by atoms with Crippen molar-refractivity contribution >= 4 is 46.4 Å². The minimum atomic E-state index is -8.06. The molecule has 27 heteroatoms. The van der Waals surface area contributed by atoms with Crippen molar-refractivity contribution in [2.24, 2.45) is 0 Å². The molecule has 8 bridgehead atoms. The first-order valence-corrected chi connectivity index (χ1v) is 21.4. The van der Waals surface area contributed by atoms with Crippen molar-refractivity contribution in [2.45, 2.75) is 36.0 Å². The quantitative estimate of drug-likeness (QED) is 0.0613. The molecule has 0 saturated carbocycles. The standard InChI is InChI=1S/C51H28F16N4O4.3Ar/c52-41-40(42(53)44(55)45(43(41)54)75-21-47(58,59)49(62,63)51(66,67)50(64,65)48(60,61)46(56)57)39-34-16-14-32(70-34)37(23-5-2-8-26(73)19-23)30-12-10-28(68-30)36(22-4-1-7-25(72)18-22)29-11-13-31(69-29)38(33-15-17-35(39)71-33)24-6-3-9-27(74)20-24;;;/h1-20,46,68,71-74H,21H2;;;. The molecule has 4 aromatic carbocycles. The number of hydrogen-bond donors (Lipinski definition) is 5. The van der Waals surface area contributed by atoms with Gasteiger partial charge in [0.05, 0.1) is 28.3 Å². The van der Waals surface area contributed by atoms with Crippen LogP contribution < -0.4 is 4.74 Å². The number of aromatic nitrogens is 4. The second-order valence-corrected chi connectivity index (χ2v) is 16.8. The first-order chi connectivity index (χ1) is 35.2. The van der Waals surface area contributed by atoms with Gasteiger partial charge < -0.3 is 30.0 Å². The number of benzene rings is 4. The summed E-state index contributed by atoms with van der Waals surface area (Å²) < 4.78 is 236. The fourth-order valence-corrected chi connectivity index (χ4v) is 8.35. The molecule has 0 unspecified atom stereocenters. The third-order valence-corrected chi connectivity index (χ3v) is 12.0. The van der Waals surface area contributed by atoms with Gasteiger partial charge in [-0.25, -0.2) is 27.5 Å². The van der Waals surface area contributed by atoms with Gasteiger partial charge in [0.25, 0.3) is 0 Å². The van der Waals surface area contributed by atoms with Crippen LogP contribution in [0.15, 0.2) is 97.1 Å². The van der Waals surface area contributed by atoms with Crippen LogP contribution in [-0.2, 0) is 0 Å². The summed E-state index contributed by atoms with van der Waals surface area (Å²) in [7, 11) is 0. The van der Waals surface area contributed by atoms with Crippen molar-refractivity contribution in [1.29, 1.82) is 0 Å². The fraction of sp³-hybridized carbons (Fsp3) is 0.137. The van der Waals surface area contributed by atoms with E-state index in [0.29, 0.717) is 22.3 Å². The van der Waals surface area contributed by atoms with Gasteiger partial charge in [-0.15, -0.1) is 0 Å². The predicted octanol–water partition coefficient (Wildman–Crippen LogP) is 14.8. The summed E-state index contributed by atoms with van der Waals surface area (Å²) in [6.45, 7) is -3.60. The molecule has 0 aliphatic carbocycles. The maximum absolute atomic E-state index is 16.6. The molecule has 78 heavy (non-hydrogen) atoms. The molecule has 5 heterocycles. The molecule has 0 radical (unpaired) electrons. The SMILES string of the molecule is Oc1cccc(-c2c3nc(c(-c4cccc(O)c4)c4ccc([nH]4)c(-c4c(F)c(F)c(OCC(F)(F)C(F)(F)C(F)(F)C(F)(F)C(F)(F)C(F)F)c(F)c4F)c4nc(c(-c5cccc(O)c5)c5ccc2[nH]5)C=C4)C=C3)c1.[Ar].[Ar].[Ar]. The van der Waals surface area contributed by atoms with Crippen molar-refractivity contribution < 1.29 is 204 Å². The van der Waals surface area contributed by atoms with Crippen molar-refractivity contribution in [3.63, 3.8) is 0 Å². The predicted molar refractivity (Wildman–Crippen MR) is 242 cm³/mol. The maximum Gasteiger partial charge on any atom is 0.384 e. The van der Waals surface area contributed by atoms with Crippen LogP contribution in [0.2, 0.25) is 0 Å². The van der Waals surface area contributed by atoms with Gasteiger partial charge >= 0.3 is 36.0 Å². The Balaban J connectivity index is 0.00000328. The smallest absolute Gasteiger partial charge is 0.384 e. The number of nitrogens with zero attached hydrogens (tertiary/aromatic N) is 2. The Morgan fingerprint density at radius 3 is 1.10 bits per heavy atom. The van der Waals surface area contributed by atoms with Crippen LogP contribution in [0.5, 0.6) is 23.0 Å². The molecule has 2 aliphatic rings. The van der Waals surface area contributed by atoms with E-state index in [4.69, 9.17) is 4.98 Å². The zero-order valence-electron chi connectivity index (χ0n) is 38.1. The Hall–Kier alpha value is -4.66. The second-order valence-electron chi connectivity index (χ2n) is 16.8. The molecule has 7 aromatic rings. The molecule has 0 spiro atoms. The Bertz CT molecular complexity index is 3650. The summed E-state index contributed by atoms with van der Waals surface area (Å²) in [6.07, 6.45) is -0.297. The molecule has 0 saturated heterocycles. The van der Waals surface area contributed by atoms with Crippen molar-refractivity contribution in [2.75, 3.05) is 6.61 Å². The molecule has 0 fully saturated rings. The van der Waals surface area contributed by atoms with Gasteiger partial charge in [-0.05, 0) is 102 Å². The summed E-state index contributed by atoms with van der Waals surface area (Å²) in [5, 5.41) is 31.7. The van der Waals surface area contributed by atoms with E-state index in [1.54, 1.807) is 36.4 Å². The summed E-state index contributed by atoms with van der Waals surface area (Å²) in [6, 6.07) is 23.0. The minimum Gasteiger partial charge on any atom is -0.508 e. The first-order valence-electron chi connectivity index (χ1n) is 21.4. The molecule has 9 rings (SSSR count). The van der Waals surface area contributed by atoms with E-state index in [1.165, 1.54) is 72.8 Å². The summed E-state index contributed by atoms with van der Waals surface area (Å²) >= 11 is 0. The molecule has 2 aliphatic heterocycles. The number of ether oxygens (including phenoxy) is 1. The Morgan fingerprint density at radius 1 is 0.436 bits per heavy atom. The van der Waals surface area contributed by atoms with Crippen LogP contribution in [0, 0.1) is 136 Å². The van der Waals surface area contributed by atoms with Gasteiger partial charge in [-0.2, -0.15) is 52.7 Å². The number of aromatic hydroxyl groups is 3. The van der Waals surface area contributed by atoms with E-state index < -0.39 is 94.0 Å². The first kappa shape index (κ1) is 62.5. The average Bonchev–Trinajstić information content (AvgIpc) is 4.20. The number of H-pyrrole nitrogens is 2. The van der Waals surface area contributed by atoms with E-state index in [1.807, 2.05) is 0 Å². The molecule has 5 N–H and O–H groups in total. The number of rotatable bonds is 12. The fourth-order valence-electron chi connectivity index (χ4n) is 8.35. The van der Waals surface area contributed by atoms with E-state index in [-0.39, 0.29) is 175 Å². The number of phenolic OH excluding ortho intramolecular Hbond substituents is 3. The largest absolute Gasteiger partial charge is 0.508 e. The van der Waals surface area contributed by atoms with Crippen molar-refractivity contribution in [1.82, 2.24) is 19.9 Å². The number of halogens is 16. The molecule has 0 atom stereocenters. The molecule has 412 valence electrons. The van der Waals surface area contributed by atoms with Crippen LogP contribution in [0.1, 0.15) is 22.8 Å². The van der Waals surface area contributed by atoms with Gasteiger partial charge in [0, 0.05) is 158 Å². The van der Waals surface area contributed by atoms with Crippen molar-refractivity contribution in [3.05, 3.63) is 143 Å². The van der Waals surface area contributed by atoms with E-state index in [9.17, 15) is 68.0 Å². The number of fused-ring (bicyclic) bond motifs is 8. The second kappa shape index (κ2) is 23.1. The Morgan fingerprint density at radius 2 is 0.769 bits per heavy atom. The van der Waals surface area contributed by atoms with Gasteiger partial charge in [-0.3, -0.25) is 0 Å². The average molecular weight is 1180 g/mol. The molecular weight excluding hydrogens is 1160 g/mol. The Kier molecular flexibility index (Phi) is 18.5. The van der Waals surface area contributed by atoms with Crippen LogP contribution >= 0.6 is 0 Å². The zero-order valence-corrected chi connectivity index (χ0v) is 40.2. The number of phenols is 3. The van der Waals surface area contributed by atoms with E-state index in [0.717, 1.165) is 12.1 Å². The zero-order chi connectivity index (χ0) is 54.3. The molecule has 0 amide bonds. The van der Waals surface area contributed by atoms with Gasteiger partial charge in [0.1, 0.15) is 17.2 Å². The number of alkyl halides is 12. The third-order valence-electron chi connectivity index (χ3n) is 12.0. The Labute approximate surface area is 517 Å². The number of aromatic amines is 2. The third kappa shape index (κ3) is 10.7.